The molecule has 0 saturated carbocycles. The van der Waals surface area contributed by atoms with Crippen molar-refractivity contribution >= 4 is 11.9 Å². The normalized spacial score (nSPS) is 13.3. The molecule has 0 rings (SSSR count). The molecule has 0 aromatic heterocycles. The molecule has 18 heavy (non-hydrogen) atoms. The number of rotatable bonds is 6. The molecule has 0 bridgehead atoms. The van der Waals surface area contributed by atoms with Crippen molar-refractivity contribution in [3.05, 3.63) is 0 Å². The van der Waals surface area contributed by atoms with Crippen LogP contribution < -0.4 is 16.0 Å². The van der Waals surface area contributed by atoms with E-state index in [0.717, 1.165) is 0 Å². The van der Waals surface area contributed by atoms with Gasteiger partial charge in [0.05, 0.1) is 12.6 Å². The Morgan fingerprint density at radius 2 is 1.83 bits per heavy atom. The third kappa shape index (κ3) is 5.80. The van der Waals surface area contributed by atoms with E-state index in [1.165, 1.54) is 6.92 Å². The predicted octanol–water partition coefficient (Wildman–Crippen LogP) is 0.711. The van der Waals surface area contributed by atoms with Crippen molar-refractivity contribution in [1.29, 1.82) is 0 Å². The van der Waals surface area contributed by atoms with Crippen LogP contribution in [0.2, 0.25) is 0 Å². The maximum Gasteiger partial charge on any atom is 0.321 e. The van der Waals surface area contributed by atoms with Crippen LogP contribution in [0.25, 0.3) is 0 Å². The van der Waals surface area contributed by atoms with Crippen molar-refractivity contribution in [3.63, 3.8) is 0 Å². The molecule has 3 N–H and O–H groups in total. The average molecular weight is 273 g/mol. The minimum atomic E-state index is -4.22. The van der Waals surface area contributed by atoms with Crippen molar-refractivity contribution < 1.29 is 27.2 Å². The first kappa shape index (κ1) is 16.6. The average Bonchev–Trinajstić information content (AvgIpc) is 2.25. The Bertz CT molecular complexity index is 300. The number of amides is 3. The van der Waals surface area contributed by atoms with Crippen LogP contribution in [0.15, 0.2) is 0 Å². The number of halogens is 4. The van der Waals surface area contributed by atoms with Crippen molar-refractivity contribution in [2.75, 3.05) is 13.1 Å². The van der Waals surface area contributed by atoms with E-state index in [2.05, 4.69) is 5.32 Å². The van der Waals surface area contributed by atoms with E-state index < -0.39 is 36.9 Å². The minimum absolute atomic E-state index is 0.282. The summed E-state index contributed by atoms with van der Waals surface area (Å²) in [4.78, 5) is 22.2. The SMILES string of the molecule is CCNC(=O)NC(=O)C(C)NCC(F)(F)C(F)F. The molecule has 106 valence electrons. The zero-order chi connectivity index (χ0) is 14.3. The molecule has 9 heteroatoms. The zero-order valence-corrected chi connectivity index (χ0v) is 9.90. The number of carbonyl (C=O) groups is 2. The highest BCUT2D eigenvalue weighted by molar-refractivity contribution is 5.96. The Morgan fingerprint density at radius 1 is 1.28 bits per heavy atom. The van der Waals surface area contributed by atoms with Crippen LogP contribution in [0.5, 0.6) is 0 Å². The second-order valence-electron chi connectivity index (χ2n) is 3.51. The Balaban J connectivity index is 4.13. The van der Waals surface area contributed by atoms with E-state index in [-0.39, 0.29) is 6.54 Å². The fraction of sp³-hybridized carbons (Fsp3) is 0.778. The zero-order valence-electron chi connectivity index (χ0n) is 9.90. The molecular weight excluding hydrogens is 258 g/mol. The highest BCUT2D eigenvalue weighted by atomic mass is 19.3. The molecule has 5 nitrogen and oxygen atoms in total. The van der Waals surface area contributed by atoms with Crippen molar-refractivity contribution in [2.24, 2.45) is 0 Å². The van der Waals surface area contributed by atoms with Crippen LogP contribution in [0, 0.1) is 0 Å². The molecule has 3 amide bonds. The first-order valence-corrected chi connectivity index (χ1v) is 5.18. The van der Waals surface area contributed by atoms with Crippen LogP contribution in [-0.4, -0.2) is 43.4 Å². The van der Waals surface area contributed by atoms with Gasteiger partial charge in [-0.15, -0.1) is 0 Å². The Labute approximate surface area is 101 Å². The number of alkyl halides is 4. The largest absolute Gasteiger partial charge is 0.338 e. The summed E-state index contributed by atoms with van der Waals surface area (Å²) < 4.78 is 48.7. The van der Waals surface area contributed by atoms with Crippen LogP contribution in [0.3, 0.4) is 0 Å². The third-order valence-corrected chi connectivity index (χ3v) is 1.93. The van der Waals surface area contributed by atoms with Gasteiger partial charge in [0.15, 0.2) is 0 Å². The summed E-state index contributed by atoms with van der Waals surface area (Å²) in [6, 6.07) is -1.98. The van der Waals surface area contributed by atoms with Gasteiger partial charge in [0.25, 0.3) is 0 Å². The molecule has 0 aliphatic rings. The molecule has 0 aliphatic carbocycles. The highest BCUT2D eigenvalue weighted by Crippen LogP contribution is 2.21. The summed E-state index contributed by atoms with van der Waals surface area (Å²) in [6.07, 6.45) is -3.82. The number of nitrogens with one attached hydrogen (secondary N) is 3. The maximum absolute atomic E-state index is 12.5. The topological polar surface area (TPSA) is 70.2 Å². The lowest BCUT2D eigenvalue weighted by molar-refractivity contribution is -0.131. The van der Waals surface area contributed by atoms with E-state index in [0.29, 0.717) is 0 Å². The van der Waals surface area contributed by atoms with Crippen LogP contribution >= 0.6 is 0 Å². The number of imide groups is 1. The van der Waals surface area contributed by atoms with Gasteiger partial charge >= 0.3 is 18.4 Å². The number of hydrogen-bond donors (Lipinski definition) is 3. The Kier molecular flexibility index (Phi) is 6.60. The summed E-state index contributed by atoms with van der Waals surface area (Å²) >= 11 is 0. The van der Waals surface area contributed by atoms with Gasteiger partial charge in [-0.1, -0.05) is 0 Å². The fourth-order valence-electron chi connectivity index (χ4n) is 0.884. The molecule has 0 aromatic carbocycles. The van der Waals surface area contributed by atoms with Crippen LogP contribution in [0.1, 0.15) is 13.8 Å². The van der Waals surface area contributed by atoms with Gasteiger partial charge < -0.3 is 10.6 Å². The number of urea groups is 1. The van der Waals surface area contributed by atoms with E-state index in [9.17, 15) is 27.2 Å². The molecule has 0 fully saturated rings. The van der Waals surface area contributed by atoms with Gasteiger partial charge in [-0.25, -0.2) is 13.6 Å². The lowest BCUT2D eigenvalue weighted by Crippen LogP contribution is -2.51. The summed E-state index contributed by atoms with van der Waals surface area (Å²) in [5.74, 6) is -5.11. The molecule has 0 heterocycles. The van der Waals surface area contributed by atoms with Gasteiger partial charge in [-0.3, -0.25) is 10.1 Å². The first-order chi connectivity index (χ1) is 8.20. The molecular formula is C9H15F4N3O2. The Hall–Kier alpha value is -1.38. The smallest absolute Gasteiger partial charge is 0.321 e. The summed E-state index contributed by atoms with van der Waals surface area (Å²) in [5, 5.41) is 6.05. The lowest BCUT2D eigenvalue weighted by Gasteiger charge is -2.19. The van der Waals surface area contributed by atoms with Crippen molar-refractivity contribution in [3.8, 4) is 0 Å². The van der Waals surface area contributed by atoms with Gasteiger partial charge in [0.2, 0.25) is 5.91 Å². The van der Waals surface area contributed by atoms with Crippen LogP contribution in [-0.2, 0) is 4.79 Å². The molecule has 0 aromatic rings. The van der Waals surface area contributed by atoms with E-state index >= 15 is 0 Å². The van der Waals surface area contributed by atoms with Gasteiger partial charge in [0, 0.05) is 6.54 Å². The van der Waals surface area contributed by atoms with E-state index in [4.69, 9.17) is 0 Å². The summed E-state index contributed by atoms with van der Waals surface area (Å²) in [7, 11) is 0. The van der Waals surface area contributed by atoms with Gasteiger partial charge in [0.1, 0.15) is 0 Å². The third-order valence-electron chi connectivity index (χ3n) is 1.93. The Morgan fingerprint density at radius 3 is 2.28 bits per heavy atom. The second kappa shape index (κ2) is 7.14. The van der Waals surface area contributed by atoms with Gasteiger partial charge in [-0.2, -0.15) is 8.78 Å². The standard InChI is InChI=1S/C9H15F4N3O2/c1-3-14-8(18)16-6(17)5(2)15-4-9(12,13)7(10)11/h5,7,15H,3-4H2,1-2H3,(H2,14,16,17,18). The molecule has 1 atom stereocenters. The minimum Gasteiger partial charge on any atom is -0.338 e. The van der Waals surface area contributed by atoms with Crippen molar-refractivity contribution in [2.45, 2.75) is 32.2 Å². The second-order valence-corrected chi connectivity index (χ2v) is 3.51. The fourth-order valence-corrected chi connectivity index (χ4v) is 0.884. The molecule has 1 unspecified atom stereocenters. The first-order valence-electron chi connectivity index (χ1n) is 5.18. The molecule has 0 saturated heterocycles. The van der Waals surface area contributed by atoms with E-state index in [1.54, 1.807) is 6.92 Å². The summed E-state index contributed by atoms with van der Waals surface area (Å²) in [6.45, 7) is 1.73. The predicted molar refractivity (Wildman–Crippen MR) is 55.6 cm³/mol. The lowest BCUT2D eigenvalue weighted by atomic mass is 10.2. The monoisotopic (exact) mass is 273 g/mol. The quantitative estimate of drug-likeness (QED) is 0.624. The van der Waals surface area contributed by atoms with Crippen molar-refractivity contribution in [1.82, 2.24) is 16.0 Å². The van der Waals surface area contributed by atoms with Gasteiger partial charge in [-0.05, 0) is 13.8 Å². The highest BCUT2D eigenvalue weighted by Gasteiger charge is 2.40. The number of hydrogen-bond acceptors (Lipinski definition) is 3. The summed E-state index contributed by atoms with van der Waals surface area (Å²) in [5.41, 5.74) is 0. The van der Waals surface area contributed by atoms with Crippen LogP contribution in [0.4, 0.5) is 22.4 Å². The number of carbonyl (C=O) groups excluding carboxylic acids is 2. The van der Waals surface area contributed by atoms with E-state index in [1.807, 2.05) is 10.6 Å². The molecule has 0 aliphatic heterocycles. The molecule has 0 radical (unpaired) electrons. The maximum atomic E-state index is 12.5. The molecule has 0 spiro atoms.